The Morgan fingerprint density at radius 1 is 1.18 bits per heavy atom. The Hall–Kier alpha value is -3.24. The van der Waals surface area contributed by atoms with E-state index in [2.05, 4.69) is 16.4 Å². The smallest absolute Gasteiger partial charge is 0.264 e. The van der Waals surface area contributed by atoms with E-state index in [1.54, 1.807) is 24.3 Å². The van der Waals surface area contributed by atoms with Crippen LogP contribution in [0.2, 0.25) is 0 Å². The van der Waals surface area contributed by atoms with Crippen LogP contribution in [0.3, 0.4) is 0 Å². The van der Waals surface area contributed by atoms with E-state index in [4.69, 9.17) is 14.7 Å². The van der Waals surface area contributed by atoms with Crippen LogP contribution in [-0.2, 0) is 4.79 Å². The zero-order chi connectivity index (χ0) is 20.1. The second-order valence-electron chi connectivity index (χ2n) is 6.18. The minimum Gasteiger partial charge on any atom is -0.493 e. The minimum absolute atomic E-state index is 0.0622. The summed E-state index contributed by atoms with van der Waals surface area (Å²) >= 11 is 1.29. The highest BCUT2D eigenvalue weighted by Crippen LogP contribution is 2.32. The number of aliphatic imine (C=N–C) groups is 1. The van der Waals surface area contributed by atoms with Crippen molar-refractivity contribution in [1.29, 1.82) is 5.26 Å². The lowest BCUT2D eigenvalue weighted by atomic mass is 10.1. The van der Waals surface area contributed by atoms with E-state index in [0.717, 1.165) is 22.4 Å². The maximum absolute atomic E-state index is 12.3. The highest BCUT2D eigenvalue weighted by Gasteiger charge is 2.24. The number of rotatable bonds is 5. The number of hydrogen-bond acceptors (Lipinski definition) is 6. The molecule has 0 saturated carbocycles. The summed E-state index contributed by atoms with van der Waals surface area (Å²) in [5, 5.41) is 12.0. The molecule has 0 aromatic heterocycles. The summed E-state index contributed by atoms with van der Waals surface area (Å²) in [5.41, 5.74) is 3.83. The van der Waals surface area contributed by atoms with Gasteiger partial charge < -0.3 is 14.8 Å². The minimum atomic E-state index is -0.197. The Balaban J connectivity index is 1.82. The average molecular weight is 393 g/mol. The Morgan fingerprint density at radius 2 is 1.93 bits per heavy atom. The summed E-state index contributed by atoms with van der Waals surface area (Å²) in [5.74, 6) is 0.779. The van der Waals surface area contributed by atoms with Crippen LogP contribution in [0.5, 0.6) is 11.5 Å². The number of nitriles is 1. The van der Waals surface area contributed by atoms with Crippen LogP contribution in [0.25, 0.3) is 6.08 Å². The predicted octanol–water partition coefficient (Wildman–Crippen LogP) is 4.11. The molecule has 0 spiro atoms. The lowest BCUT2D eigenvalue weighted by Gasteiger charge is -2.08. The van der Waals surface area contributed by atoms with Gasteiger partial charge in [0.1, 0.15) is 6.07 Å². The van der Waals surface area contributed by atoms with Crippen molar-refractivity contribution in [2.45, 2.75) is 13.8 Å². The Bertz CT molecular complexity index is 1000. The Labute approximate surface area is 167 Å². The quantitative estimate of drug-likeness (QED) is 0.773. The Kier molecular flexibility index (Phi) is 6.02. The van der Waals surface area contributed by atoms with Crippen LogP contribution in [-0.4, -0.2) is 24.8 Å². The highest BCUT2D eigenvalue weighted by atomic mass is 32.2. The topological polar surface area (TPSA) is 83.7 Å². The lowest BCUT2D eigenvalue weighted by Crippen LogP contribution is -2.19. The van der Waals surface area contributed by atoms with Gasteiger partial charge in [-0.15, -0.1) is 0 Å². The van der Waals surface area contributed by atoms with Gasteiger partial charge in [0.15, 0.2) is 23.3 Å². The van der Waals surface area contributed by atoms with E-state index in [1.807, 2.05) is 32.0 Å². The van der Waals surface area contributed by atoms with Crippen LogP contribution >= 0.6 is 11.8 Å². The van der Waals surface area contributed by atoms with Crippen molar-refractivity contribution in [2.24, 2.45) is 4.99 Å². The number of nitrogens with one attached hydrogen (secondary N) is 1. The first-order valence-corrected chi connectivity index (χ1v) is 9.36. The van der Waals surface area contributed by atoms with Gasteiger partial charge in [0.05, 0.1) is 17.7 Å². The summed E-state index contributed by atoms with van der Waals surface area (Å²) in [6.45, 7) is 3.97. The fraction of sp³-hybridized carbons (Fsp3) is 0.190. The molecule has 2 aromatic rings. The summed E-state index contributed by atoms with van der Waals surface area (Å²) in [4.78, 5) is 17.4. The van der Waals surface area contributed by atoms with E-state index in [0.29, 0.717) is 21.6 Å². The molecule has 142 valence electrons. The van der Waals surface area contributed by atoms with Crippen molar-refractivity contribution >= 4 is 34.6 Å². The van der Waals surface area contributed by atoms with E-state index in [9.17, 15) is 4.79 Å². The maximum atomic E-state index is 12.3. The van der Waals surface area contributed by atoms with Gasteiger partial charge in [-0.05, 0) is 72.6 Å². The van der Waals surface area contributed by atoms with Crippen LogP contribution in [0.4, 0.5) is 5.69 Å². The number of nitrogens with zero attached hydrogens (tertiary/aromatic N) is 2. The van der Waals surface area contributed by atoms with Crippen LogP contribution in [0.1, 0.15) is 16.7 Å². The summed E-state index contributed by atoms with van der Waals surface area (Å²) in [7, 11) is 1.52. The molecular weight excluding hydrogens is 374 g/mol. The molecule has 6 nitrogen and oxygen atoms in total. The molecule has 1 aliphatic heterocycles. The molecule has 0 radical (unpaired) electrons. The number of amidine groups is 1. The second kappa shape index (κ2) is 8.63. The molecule has 0 atom stereocenters. The second-order valence-corrected chi connectivity index (χ2v) is 7.22. The van der Waals surface area contributed by atoms with Crippen LogP contribution < -0.4 is 14.8 Å². The number of carbonyl (C=O) groups excluding carboxylic acids is 1. The summed E-state index contributed by atoms with van der Waals surface area (Å²) in [6, 6.07) is 13.2. The Morgan fingerprint density at radius 3 is 2.61 bits per heavy atom. The molecule has 0 aliphatic carbocycles. The monoisotopic (exact) mass is 393 g/mol. The molecule has 0 unspecified atom stereocenters. The summed E-state index contributed by atoms with van der Waals surface area (Å²) < 4.78 is 10.6. The van der Waals surface area contributed by atoms with Crippen molar-refractivity contribution in [3.63, 3.8) is 0 Å². The molecule has 1 fully saturated rings. The number of amides is 1. The van der Waals surface area contributed by atoms with Crippen molar-refractivity contribution in [3.05, 3.63) is 58.0 Å². The van der Waals surface area contributed by atoms with E-state index in [-0.39, 0.29) is 12.5 Å². The van der Waals surface area contributed by atoms with Gasteiger partial charge in [-0.1, -0.05) is 12.1 Å². The number of hydrogen-bond donors (Lipinski definition) is 1. The number of benzene rings is 2. The zero-order valence-corrected chi connectivity index (χ0v) is 16.6. The highest BCUT2D eigenvalue weighted by molar-refractivity contribution is 8.18. The molecule has 0 bridgehead atoms. The predicted molar refractivity (Wildman–Crippen MR) is 111 cm³/mol. The van der Waals surface area contributed by atoms with Gasteiger partial charge in [-0.25, -0.2) is 4.99 Å². The van der Waals surface area contributed by atoms with E-state index < -0.39 is 0 Å². The van der Waals surface area contributed by atoms with Crippen molar-refractivity contribution in [2.75, 3.05) is 13.7 Å². The maximum Gasteiger partial charge on any atom is 0.264 e. The van der Waals surface area contributed by atoms with Gasteiger partial charge in [0.2, 0.25) is 0 Å². The van der Waals surface area contributed by atoms with Gasteiger partial charge in [-0.2, -0.15) is 5.26 Å². The third-order valence-corrected chi connectivity index (χ3v) is 4.78. The first kappa shape index (κ1) is 19.5. The number of carbonyl (C=O) groups is 1. The van der Waals surface area contributed by atoms with Crippen LogP contribution in [0, 0.1) is 25.2 Å². The SMILES string of the molecule is COc1cc(/C=C2\SC(=Nc3cc(C)cc(C)c3)NC2=O)ccc1OCC#N. The standard InChI is InChI=1S/C21H19N3O3S/c1-13-8-14(2)10-16(9-13)23-21-24-20(25)19(28-21)12-15-4-5-17(27-7-6-22)18(11-15)26-3/h4-5,8-12H,7H2,1-3H3,(H,23,24,25)/b19-12-. The average Bonchev–Trinajstić information content (AvgIpc) is 2.98. The van der Waals surface area contributed by atoms with Gasteiger partial charge in [-0.3, -0.25) is 4.79 Å². The van der Waals surface area contributed by atoms with Crippen molar-refractivity contribution in [3.8, 4) is 17.6 Å². The van der Waals surface area contributed by atoms with Gasteiger partial charge in [0, 0.05) is 0 Å². The van der Waals surface area contributed by atoms with Crippen molar-refractivity contribution < 1.29 is 14.3 Å². The fourth-order valence-corrected chi connectivity index (χ4v) is 3.61. The fourth-order valence-electron chi connectivity index (χ4n) is 2.77. The third-order valence-electron chi connectivity index (χ3n) is 3.87. The molecular formula is C21H19N3O3S. The molecule has 7 heteroatoms. The van der Waals surface area contributed by atoms with Gasteiger partial charge >= 0.3 is 0 Å². The molecule has 1 saturated heterocycles. The van der Waals surface area contributed by atoms with Crippen molar-refractivity contribution in [1.82, 2.24) is 5.32 Å². The van der Waals surface area contributed by atoms with E-state index in [1.165, 1.54) is 18.9 Å². The number of thioether (sulfide) groups is 1. The number of methoxy groups -OCH3 is 1. The molecule has 28 heavy (non-hydrogen) atoms. The van der Waals surface area contributed by atoms with Crippen LogP contribution in [0.15, 0.2) is 46.3 Å². The largest absolute Gasteiger partial charge is 0.493 e. The molecule has 2 aromatic carbocycles. The lowest BCUT2D eigenvalue weighted by molar-refractivity contribution is -0.115. The molecule has 1 amide bonds. The van der Waals surface area contributed by atoms with Gasteiger partial charge in [0.25, 0.3) is 5.91 Å². The third kappa shape index (κ3) is 4.72. The van der Waals surface area contributed by atoms with E-state index >= 15 is 0 Å². The number of aryl methyl sites for hydroxylation is 2. The first-order valence-electron chi connectivity index (χ1n) is 8.54. The first-order chi connectivity index (χ1) is 13.5. The molecule has 1 heterocycles. The number of ether oxygens (including phenoxy) is 2. The normalized spacial score (nSPS) is 16.1. The molecule has 1 aliphatic rings. The zero-order valence-electron chi connectivity index (χ0n) is 15.8. The molecule has 3 rings (SSSR count). The summed E-state index contributed by atoms with van der Waals surface area (Å²) in [6.07, 6.45) is 1.76. The molecule has 1 N–H and O–H groups in total.